The van der Waals surface area contributed by atoms with Gasteiger partial charge >= 0.3 is 6.09 Å². The Morgan fingerprint density at radius 2 is 2.25 bits per heavy atom. The van der Waals surface area contributed by atoms with E-state index in [0.29, 0.717) is 0 Å². The molecule has 0 fully saturated rings. The predicted molar refractivity (Wildman–Crippen MR) is 47.9 cm³/mol. The maximum atomic E-state index is 10.0. The summed E-state index contributed by atoms with van der Waals surface area (Å²) in [5, 5.41) is 3.37. The molecule has 0 spiro atoms. The molecule has 2 N–H and O–H groups in total. The lowest BCUT2D eigenvalue weighted by Gasteiger charge is -1.93. The molecule has 1 amide bonds. The fourth-order valence-corrected chi connectivity index (χ4v) is 0.804. The zero-order chi connectivity index (χ0) is 9.23. The molecule has 0 saturated heterocycles. The van der Waals surface area contributed by atoms with Crippen molar-refractivity contribution in [2.75, 3.05) is 0 Å². The average Bonchev–Trinajstić information content (AvgIpc) is 2.02. The van der Waals surface area contributed by atoms with Crippen molar-refractivity contribution in [1.82, 2.24) is 0 Å². The third kappa shape index (κ3) is 8.94. The second kappa shape index (κ2) is 8.04. The lowest BCUT2D eigenvalue weighted by Crippen LogP contribution is -2.09. The van der Waals surface area contributed by atoms with E-state index in [9.17, 15) is 4.79 Å². The van der Waals surface area contributed by atoms with Crippen molar-refractivity contribution >= 4 is 12.3 Å². The summed E-state index contributed by atoms with van der Waals surface area (Å²) in [7, 11) is 0. The van der Waals surface area contributed by atoms with Gasteiger partial charge in [0, 0.05) is 6.21 Å². The van der Waals surface area contributed by atoms with E-state index < -0.39 is 6.09 Å². The molecular formula is C8H16N2O2. The molecule has 0 rings (SSSR count). The van der Waals surface area contributed by atoms with Crippen molar-refractivity contribution in [1.29, 1.82) is 0 Å². The van der Waals surface area contributed by atoms with Crippen LogP contribution in [0.4, 0.5) is 4.79 Å². The van der Waals surface area contributed by atoms with Gasteiger partial charge in [-0.1, -0.05) is 31.3 Å². The first-order valence-electron chi connectivity index (χ1n) is 4.25. The number of rotatable bonds is 6. The second-order valence-electron chi connectivity index (χ2n) is 2.55. The van der Waals surface area contributed by atoms with E-state index >= 15 is 0 Å². The van der Waals surface area contributed by atoms with Crippen LogP contribution in [0.1, 0.15) is 39.0 Å². The summed E-state index contributed by atoms with van der Waals surface area (Å²) >= 11 is 0. The van der Waals surface area contributed by atoms with E-state index in [1.807, 2.05) is 0 Å². The first kappa shape index (κ1) is 10.9. The molecular weight excluding hydrogens is 156 g/mol. The topological polar surface area (TPSA) is 64.7 Å². The number of primary amides is 1. The number of carbonyl (C=O) groups excluding carboxylic acids is 1. The fourth-order valence-electron chi connectivity index (χ4n) is 0.804. The van der Waals surface area contributed by atoms with Crippen LogP contribution in [0.25, 0.3) is 0 Å². The third-order valence-electron chi connectivity index (χ3n) is 1.40. The Kier molecular flexibility index (Phi) is 7.33. The normalized spacial score (nSPS) is 10.4. The number of unbranched alkanes of at least 4 members (excludes halogenated alkanes) is 4. The van der Waals surface area contributed by atoms with Gasteiger partial charge in [0.05, 0.1) is 0 Å². The van der Waals surface area contributed by atoms with Crippen molar-refractivity contribution < 1.29 is 9.63 Å². The molecule has 0 saturated carbocycles. The minimum Gasteiger partial charge on any atom is -0.333 e. The van der Waals surface area contributed by atoms with Crippen molar-refractivity contribution in [2.45, 2.75) is 39.0 Å². The van der Waals surface area contributed by atoms with Crippen LogP contribution < -0.4 is 5.73 Å². The van der Waals surface area contributed by atoms with Crippen LogP contribution in [0, 0.1) is 0 Å². The van der Waals surface area contributed by atoms with Gasteiger partial charge < -0.3 is 5.73 Å². The van der Waals surface area contributed by atoms with Gasteiger partial charge in [0.15, 0.2) is 0 Å². The summed E-state index contributed by atoms with van der Waals surface area (Å²) < 4.78 is 0. The molecule has 70 valence electrons. The highest BCUT2D eigenvalue weighted by atomic mass is 16.7. The summed E-state index contributed by atoms with van der Waals surface area (Å²) in [6.07, 6.45) is 6.28. The molecule has 0 atom stereocenters. The summed E-state index contributed by atoms with van der Waals surface area (Å²) in [6.45, 7) is 2.16. The Morgan fingerprint density at radius 3 is 2.83 bits per heavy atom. The minimum absolute atomic E-state index is 0.841. The molecule has 12 heavy (non-hydrogen) atoms. The van der Waals surface area contributed by atoms with Gasteiger partial charge in [-0.25, -0.2) is 4.79 Å². The van der Waals surface area contributed by atoms with Crippen LogP contribution in [0.3, 0.4) is 0 Å². The number of nitrogens with two attached hydrogens (primary N) is 1. The summed E-state index contributed by atoms with van der Waals surface area (Å²) in [5.74, 6) is 0. The Morgan fingerprint density at radius 1 is 1.50 bits per heavy atom. The van der Waals surface area contributed by atoms with E-state index in [4.69, 9.17) is 0 Å². The summed E-state index contributed by atoms with van der Waals surface area (Å²) in [4.78, 5) is 14.2. The third-order valence-corrected chi connectivity index (χ3v) is 1.40. The highest BCUT2D eigenvalue weighted by Gasteiger charge is 1.87. The highest BCUT2D eigenvalue weighted by molar-refractivity contribution is 5.66. The lowest BCUT2D eigenvalue weighted by atomic mass is 10.2. The maximum absolute atomic E-state index is 10.0. The number of carbonyl (C=O) groups is 1. The molecule has 0 heterocycles. The number of oxime groups is 1. The molecule has 0 aliphatic heterocycles. The fraction of sp³-hybridized carbons (Fsp3) is 0.750. The molecule has 0 unspecified atom stereocenters. The van der Waals surface area contributed by atoms with Crippen molar-refractivity contribution in [3.8, 4) is 0 Å². The Hall–Kier alpha value is -1.06. The zero-order valence-electron chi connectivity index (χ0n) is 7.45. The zero-order valence-corrected chi connectivity index (χ0v) is 7.45. The Labute approximate surface area is 72.8 Å². The van der Waals surface area contributed by atoms with Crippen LogP contribution in [-0.4, -0.2) is 12.3 Å². The lowest BCUT2D eigenvalue weighted by molar-refractivity contribution is 0.162. The van der Waals surface area contributed by atoms with Crippen LogP contribution in [0.15, 0.2) is 5.16 Å². The van der Waals surface area contributed by atoms with Gasteiger partial charge in [0.25, 0.3) is 0 Å². The van der Waals surface area contributed by atoms with E-state index in [-0.39, 0.29) is 0 Å². The number of amides is 1. The van der Waals surface area contributed by atoms with Crippen LogP contribution in [-0.2, 0) is 4.84 Å². The summed E-state index contributed by atoms with van der Waals surface area (Å²) in [6, 6.07) is 0. The minimum atomic E-state index is -0.861. The average molecular weight is 172 g/mol. The molecule has 4 nitrogen and oxygen atoms in total. The van der Waals surface area contributed by atoms with E-state index in [1.165, 1.54) is 19.3 Å². The largest absolute Gasteiger partial charge is 0.430 e. The first-order chi connectivity index (χ1) is 5.77. The van der Waals surface area contributed by atoms with Gasteiger partial charge in [-0.05, 0) is 12.8 Å². The molecule has 0 aliphatic rings. The quantitative estimate of drug-likeness (QED) is 0.288. The highest BCUT2D eigenvalue weighted by Crippen LogP contribution is 2.00. The van der Waals surface area contributed by atoms with Gasteiger partial charge in [-0.2, -0.15) is 0 Å². The van der Waals surface area contributed by atoms with Gasteiger partial charge in [-0.15, -0.1) is 0 Å². The Balaban J connectivity index is 3.08. The van der Waals surface area contributed by atoms with Crippen molar-refractivity contribution in [3.05, 3.63) is 0 Å². The molecule has 0 radical (unpaired) electrons. The molecule has 0 aromatic carbocycles. The number of hydrogen-bond donors (Lipinski definition) is 1. The SMILES string of the molecule is CCCCCC/C=N/OC(N)=O. The smallest absolute Gasteiger partial charge is 0.333 e. The van der Waals surface area contributed by atoms with Crippen LogP contribution in [0.5, 0.6) is 0 Å². The molecule has 0 bridgehead atoms. The van der Waals surface area contributed by atoms with E-state index in [1.54, 1.807) is 6.21 Å². The second-order valence-corrected chi connectivity index (χ2v) is 2.55. The van der Waals surface area contributed by atoms with Crippen molar-refractivity contribution in [2.24, 2.45) is 10.9 Å². The molecule has 4 heteroatoms. The van der Waals surface area contributed by atoms with Gasteiger partial charge in [0.2, 0.25) is 0 Å². The van der Waals surface area contributed by atoms with Crippen molar-refractivity contribution in [3.63, 3.8) is 0 Å². The van der Waals surface area contributed by atoms with E-state index in [2.05, 4.69) is 22.7 Å². The number of hydrogen-bond acceptors (Lipinski definition) is 3. The van der Waals surface area contributed by atoms with E-state index in [0.717, 1.165) is 12.8 Å². The van der Waals surface area contributed by atoms with Crippen LogP contribution >= 0.6 is 0 Å². The predicted octanol–water partition coefficient (Wildman–Crippen LogP) is 2.04. The standard InChI is InChI=1S/C8H16N2O2/c1-2-3-4-5-6-7-10-12-8(9)11/h7H,2-6H2,1H3,(H2,9,11)/b10-7+. The summed E-state index contributed by atoms with van der Waals surface area (Å²) in [5.41, 5.74) is 4.68. The Bertz CT molecular complexity index is 146. The molecule has 0 aromatic rings. The number of nitrogens with zero attached hydrogens (tertiary/aromatic N) is 1. The first-order valence-corrected chi connectivity index (χ1v) is 4.25. The van der Waals surface area contributed by atoms with Crippen LogP contribution in [0.2, 0.25) is 0 Å². The molecule has 0 aliphatic carbocycles. The van der Waals surface area contributed by atoms with Gasteiger partial charge in [-0.3, -0.25) is 4.84 Å². The maximum Gasteiger partial charge on any atom is 0.430 e. The van der Waals surface area contributed by atoms with Gasteiger partial charge in [0.1, 0.15) is 0 Å². The monoisotopic (exact) mass is 172 g/mol. The molecule has 0 aromatic heterocycles.